The number of carbonyl (C=O) groups is 1. The van der Waals surface area contributed by atoms with Crippen LogP contribution in [0.25, 0.3) is 10.9 Å². The second-order valence-corrected chi connectivity index (χ2v) is 9.32. The lowest BCUT2D eigenvalue weighted by molar-refractivity contribution is -0.140. The summed E-state index contributed by atoms with van der Waals surface area (Å²) in [6.07, 6.45) is 3.65. The average Bonchev–Trinajstić information content (AvgIpc) is 2.76. The van der Waals surface area contributed by atoms with E-state index in [1.165, 1.54) is 0 Å². The summed E-state index contributed by atoms with van der Waals surface area (Å²) in [6.45, 7) is 4.63. The monoisotopic (exact) mass is 446 g/mol. The number of H-pyrrole nitrogens is 1. The Hall–Kier alpha value is -3.28. The largest absolute Gasteiger partial charge is 0.493 e. The average molecular weight is 447 g/mol. The first kappa shape index (κ1) is 21.6. The van der Waals surface area contributed by atoms with Gasteiger partial charge in [0.15, 0.2) is 11.5 Å². The number of nitrogens with zero attached hydrogens (tertiary/aromatic N) is 1. The van der Waals surface area contributed by atoms with Gasteiger partial charge in [0.05, 0.1) is 25.8 Å². The van der Waals surface area contributed by atoms with E-state index in [4.69, 9.17) is 9.47 Å². The number of carbonyl (C=O) groups excluding carboxylic acids is 1. The van der Waals surface area contributed by atoms with Gasteiger partial charge in [-0.15, -0.1) is 0 Å². The fourth-order valence-electron chi connectivity index (χ4n) is 5.32. The molecule has 6 heteroatoms. The summed E-state index contributed by atoms with van der Waals surface area (Å²) < 4.78 is 11.1. The third-order valence-electron chi connectivity index (χ3n) is 7.23. The van der Waals surface area contributed by atoms with Crippen LogP contribution in [0.3, 0.4) is 0 Å². The van der Waals surface area contributed by atoms with E-state index in [0.29, 0.717) is 30.0 Å². The quantitative estimate of drug-likeness (QED) is 0.643. The van der Waals surface area contributed by atoms with Crippen molar-refractivity contribution in [3.63, 3.8) is 0 Å². The maximum absolute atomic E-state index is 13.5. The van der Waals surface area contributed by atoms with Gasteiger partial charge in [0, 0.05) is 18.0 Å². The third-order valence-corrected chi connectivity index (χ3v) is 7.23. The highest BCUT2D eigenvalue weighted by molar-refractivity contribution is 5.84. The molecule has 2 aromatic carbocycles. The molecule has 6 nitrogen and oxygen atoms in total. The predicted octanol–water partition coefficient (Wildman–Crippen LogP) is 4.44. The Kier molecular flexibility index (Phi) is 5.39. The second-order valence-electron chi connectivity index (χ2n) is 9.32. The maximum atomic E-state index is 13.5. The molecule has 5 rings (SSSR count). The van der Waals surface area contributed by atoms with Crippen molar-refractivity contribution in [3.05, 3.63) is 68.5 Å². The number of pyridine rings is 1. The summed E-state index contributed by atoms with van der Waals surface area (Å²) in [5.41, 5.74) is 5.45. The Morgan fingerprint density at radius 3 is 2.39 bits per heavy atom. The molecular weight excluding hydrogens is 416 g/mol. The van der Waals surface area contributed by atoms with Gasteiger partial charge in [-0.3, -0.25) is 9.59 Å². The van der Waals surface area contributed by atoms with Crippen molar-refractivity contribution >= 4 is 16.8 Å². The van der Waals surface area contributed by atoms with Crippen LogP contribution in [0.5, 0.6) is 11.5 Å². The van der Waals surface area contributed by atoms with Gasteiger partial charge in [-0.25, -0.2) is 0 Å². The molecule has 1 atom stereocenters. The Morgan fingerprint density at radius 1 is 1.00 bits per heavy atom. The van der Waals surface area contributed by atoms with Crippen LogP contribution in [0.4, 0.5) is 0 Å². The fraction of sp³-hybridized carbons (Fsp3) is 0.407. The highest BCUT2D eigenvalue weighted by Gasteiger charge is 2.39. The van der Waals surface area contributed by atoms with Crippen molar-refractivity contribution in [1.29, 1.82) is 0 Å². The number of aromatic nitrogens is 1. The molecule has 2 aliphatic rings. The van der Waals surface area contributed by atoms with Crippen molar-refractivity contribution in [2.24, 2.45) is 5.92 Å². The molecule has 2 heterocycles. The van der Waals surface area contributed by atoms with Crippen LogP contribution in [0.15, 0.2) is 35.1 Å². The van der Waals surface area contributed by atoms with Gasteiger partial charge in [0.25, 0.3) is 5.56 Å². The minimum atomic E-state index is -0.462. The zero-order valence-corrected chi connectivity index (χ0v) is 19.7. The number of nitrogens with one attached hydrogen (secondary N) is 1. The zero-order chi connectivity index (χ0) is 23.3. The number of fused-ring (bicyclic) bond motifs is 2. The second kappa shape index (κ2) is 8.25. The van der Waals surface area contributed by atoms with Gasteiger partial charge in [-0.2, -0.15) is 0 Å². The number of aromatic amines is 1. The van der Waals surface area contributed by atoms with Crippen LogP contribution in [-0.4, -0.2) is 36.6 Å². The highest BCUT2D eigenvalue weighted by Crippen LogP contribution is 2.42. The summed E-state index contributed by atoms with van der Waals surface area (Å²) in [5.74, 6) is 1.46. The summed E-state index contributed by atoms with van der Waals surface area (Å²) in [6, 6.07) is 9.57. The lowest BCUT2D eigenvalue weighted by Gasteiger charge is -2.41. The topological polar surface area (TPSA) is 71.6 Å². The molecule has 1 amide bonds. The van der Waals surface area contributed by atoms with E-state index >= 15 is 0 Å². The Morgan fingerprint density at radius 2 is 1.73 bits per heavy atom. The van der Waals surface area contributed by atoms with Gasteiger partial charge in [-0.1, -0.05) is 18.1 Å². The van der Waals surface area contributed by atoms with E-state index < -0.39 is 6.04 Å². The van der Waals surface area contributed by atoms with E-state index in [-0.39, 0.29) is 17.4 Å². The Labute approximate surface area is 193 Å². The van der Waals surface area contributed by atoms with Crippen LogP contribution in [-0.2, 0) is 11.2 Å². The first-order valence-electron chi connectivity index (χ1n) is 11.6. The van der Waals surface area contributed by atoms with Crippen LogP contribution >= 0.6 is 0 Å². The lowest BCUT2D eigenvalue weighted by Crippen LogP contribution is -2.46. The molecule has 0 radical (unpaired) electrons. The smallest absolute Gasteiger partial charge is 0.254 e. The minimum absolute atomic E-state index is 0.0539. The molecule has 1 aromatic heterocycles. The maximum Gasteiger partial charge on any atom is 0.254 e. The number of aryl methyl sites for hydroxylation is 2. The van der Waals surface area contributed by atoms with E-state index in [1.54, 1.807) is 14.2 Å². The first-order chi connectivity index (χ1) is 15.9. The number of rotatable bonds is 4. The molecule has 0 unspecified atom stereocenters. The van der Waals surface area contributed by atoms with Crippen molar-refractivity contribution in [2.45, 2.75) is 45.6 Å². The molecule has 33 heavy (non-hydrogen) atoms. The van der Waals surface area contributed by atoms with Gasteiger partial charge in [-0.05, 0) is 79.5 Å². The standard InChI is InChI=1S/C27H30N2O4/c1-15-10-16(2)24-19(11-15)12-21(26(30)28-24)25-20-14-23(33-4)22(32-3)13-18(20)8-9-29(25)27(31)17-6-5-7-17/h10-14,17,25H,5-9H2,1-4H3,(H,28,30)/t25-/m1/s1. The van der Waals surface area contributed by atoms with Crippen molar-refractivity contribution in [3.8, 4) is 11.5 Å². The summed E-state index contributed by atoms with van der Waals surface area (Å²) >= 11 is 0. The molecule has 1 N–H and O–H groups in total. The Bertz CT molecular complexity index is 1310. The summed E-state index contributed by atoms with van der Waals surface area (Å²) in [4.78, 5) is 31.9. The Balaban J connectivity index is 1.73. The highest BCUT2D eigenvalue weighted by atomic mass is 16.5. The lowest BCUT2D eigenvalue weighted by atomic mass is 9.81. The van der Waals surface area contributed by atoms with Crippen LogP contribution in [0.1, 0.15) is 53.1 Å². The first-order valence-corrected chi connectivity index (χ1v) is 11.6. The molecule has 0 saturated heterocycles. The number of amides is 1. The SMILES string of the molecule is COc1cc2c(cc1OC)[C@H](c1cc3cc(C)cc(C)c3[nH]c1=O)N(C(=O)C1CCC1)CC2. The molecule has 0 spiro atoms. The molecule has 1 aliphatic carbocycles. The van der Waals surface area contributed by atoms with Crippen molar-refractivity contribution in [1.82, 2.24) is 9.88 Å². The van der Waals surface area contributed by atoms with Crippen LogP contribution in [0, 0.1) is 19.8 Å². The molecule has 1 fully saturated rings. The van der Waals surface area contributed by atoms with E-state index in [1.807, 2.05) is 30.0 Å². The van der Waals surface area contributed by atoms with E-state index in [0.717, 1.165) is 52.4 Å². The molecule has 1 aliphatic heterocycles. The van der Waals surface area contributed by atoms with Crippen molar-refractivity contribution in [2.75, 3.05) is 20.8 Å². The number of methoxy groups -OCH3 is 2. The van der Waals surface area contributed by atoms with Gasteiger partial charge < -0.3 is 19.4 Å². The fourth-order valence-corrected chi connectivity index (χ4v) is 5.32. The normalized spacial score (nSPS) is 18.1. The summed E-state index contributed by atoms with van der Waals surface area (Å²) in [5, 5.41) is 0.978. The molecule has 0 bridgehead atoms. The van der Waals surface area contributed by atoms with Crippen molar-refractivity contribution < 1.29 is 14.3 Å². The van der Waals surface area contributed by atoms with Gasteiger partial charge in [0.1, 0.15) is 0 Å². The number of hydrogen-bond donors (Lipinski definition) is 1. The molecule has 172 valence electrons. The van der Waals surface area contributed by atoms with Crippen LogP contribution in [0.2, 0.25) is 0 Å². The number of benzene rings is 2. The molecular formula is C27H30N2O4. The predicted molar refractivity (Wildman–Crippen MR) is 128 cm³/mol. The zero-order valence-electron chi connectivity index (χ0n) is 19.7. The third kappa shape index (κ3) is 3.58. The van der Waals surface area contributed by atoms with E-state index in [9.17, 15) is 9.59 Å². The number of hydrogen-bond acceptors (Lipinski definition) is 4. The summed E-state index contributed by atoms with van der Waals surface area (Å²) in [7, 11) is 3.23. The molecule has 3 aromatic rings. The van der Waals surface area contributed by atoms with Crippen LogP contribution < -0.4 is 15.0 Å². The van der Waals surface area contributed by atoms with E-state index in [2.05, 4.69) is 24.0 Å². The number of ether oxygens (including phenoxy) is 2. The van der Waals surface area contributed by atoms with Gasteiger partial charge in [0.2, 0.25) is 5.91 Å². The molecule has 1 saturated carbocycles. The minimum Gasteiger partial charge on any atom is -0.493 e. The van der Waals surface area contributed by atoms with Gasteiger partial charge >= 0.3 is 0 Å².